The zero-order valence-corrected chi connectivity index (χ0v) is 20.4. The van der Waals surface area contributed by atoms with Gasteiger partial charge in [-0.2, -0.15) is 0 Å². The van der Waals surface area contributed by atoms with Crippen molar-refractivity contribution < 1.29 is 37.3 Å². The third-order valence-electron chi connectivity index (χ3n) is 6.83. The molecule has 1 amide bonds. The molecule has 0 bridgehead atoms. The van der Waals surface area contributed by atoms with Crippen LogP contribution < -0.4 is 14.4 Å². The highest BCUT2D eigenvalue weighted by Gasteiger charge is 2.47. The fraction of sp³-hybridized carbons (Fsp3) is 0.241. The number of aryl methyl sites for hydroxylation is 2. The number of hydrogen-bond acceptors (Lipinski definition) is 5. The van der Waals surface area contributed by atoms with Crippen LogP contribution in [0, 0.1) is 0 Å². The van der Waals surface area contributed by atoms with Gasteiger partial charge in [0.05, 0.1) is 18.7 Å². The molecule has 1 N–H and O–H groups in total. The summed E-state index contributed by atoms with van der Waals surface area (Å²) in [5, 5.41) is 11.4. The van der Waals surface area contributed by atoms with Crippen LogP contribution >= 0.6 is 0 Å². The Labute approximate surface area is 216 Å². The number of nitrogens with zero attached hydrogens (tertiary/aromatic N) is 1. The topological polar surface area (TPSA) is 76.1 Å². The van der Waals surface area contributed by atoms with Gasteiger partial charge in [-0.25, -0.2) is 0 Å². The molecule has 6 nitrogen and oxygen atoms in total. The van der Waals surface area contributed by atoms with E-state index < -0.39 is 29.8 Å². The highest BCUT2D eigenvalue weighted by molar-refractivity contribution is 6.51. The average Bonchev–Trinajstić information content (AvgIpc) is 3.17. The maximum absolute atomic E-state index is 13.4. The first-order valence-corrected chi connectivity index (χ1v) is 12.1. The van der Waals surface area contributed by atoms with E-state index in [4.69, 9.17) is 4.74 Å². The molecule has 196 valence electrons. The van der Waals surface area contributed by atoms with E-state index in [9.17, 15) is 27.9 Å². The van der Waals surface area contributed by atoms with Gasteiger partial charge >= 0.3 is 6.36 Å². The zero-order chi connectivity index (χ0) is 27.0. The Morgan fingerprint density at radius 2 is 1.63 bits per heavy atom. The summed E-state index contributed by atoms with van der Waals surface area (Å²) in [5.41, 5.74) is 2.98. The first kappa shape index (κ1) is 25.4. The van der Waals surface area contributed by atoms with Gasteiger partial charge in [0.2, 0.25) is 0 Å². The number of Topliss-reactive ketones (excluding diaryl/α,β-unsaturated/α-hetero) is 1. The molecule has 0 aromatic heterocycles. The summed E-state index contributed by atoms with van der Waals surface area (Å²) in [4.78, 5) is 27.8. The molecule has 3 aromatic carbocycles. The maximum Gasteiger partial charge on any atom is 0.573 e. The van der Waals surface area contributed by atoms with Crippen LogP contribution in [0.5, 0.6) is 11.5 Å². The summed E-state index contributed by atoms with van der Waals surface area (Å²) in [7, 11) is 1.49. The summed E-state index contributed by atoms with van der Waals surface area (Å²) in [5.74, 6) is -2.28. The van der Waals surface area contributed by atoms with Crippen LogP contribution in [0.1, 0.15) is 41.1 Å². The van der Waals surface area contributed by atoms with Gasteiger partial charge in [-0.1, -0.05) is 30.3 Å². The first-order valence-electron chi connectivity index (χ1n) is 12.1. The summed E-state index contributed by atoms with van der Waals surface area (Å²) in [6.45, 7) is 0. The van der Waals surface area contributed by atoms with Crippen molar-refractivity contribution in [2.24, 2.45) is 0 Å². The molecule has 1 aliphatic carbocycles. The molecule has 3 aromatic rings. The number of hydrogen-bond donors (Lipinski definition) is 1. The first-order chi connectivity index (χ1) is 18.2. The van der Waals surface area contributed by atoms with E-state index in [1.54, 1.807) is 30.3 Å². The second kappa shape index (κ2) is 9.89. The van der Waals surface area contributed by atoms with Crippen molar-refractivity contribution in [3.8, 4) is 11.5 Å². The quantitative estimate of drug-likeness (QED) is 0.249. The number of ketones is 1. The van der Waals surface area contributed by atoms with E-state index >= 15 is 0 Å². The molecule has 0 spiro atoms. The van der Waals surface area contributed by atoms with Gasteiger partial charge < -0.3 is 14.6 Å². The number of carbonyl (C=O) groups excluding carboxylic acids is 2. The lowest BCUT2D eigenvalue weighted by molar-refractivity contribution is -0.274. The van der Waals surface area contributed by atoms with Gasteiger partial charge in [0.1, 0.15) is 17.3 Å². The lowest BCUT2D eigenvalue weighted by atomic mass is 9.88. The number of ether oxygens (including phenoxy) is 2. The molecular weight excluding hydrogens is 499 g/mol. The van der Waals surface area contributed by atoms with Crippen LogP contribution in [0.3, 0.4) is 0 Å². The number of halogens is 3. The van der Waals surface area contributed by atoms with Crippen LogP contribution in [0.25, 0.3) is 5.76 Å². The number of fused-ring (bicyclic) bond motifs is 1. The lowest BCUT2D eigenvalue weighted by Gasteiger charge is -2.26. The van der Waals surface area contributed by atoms with Gasteiger partial charge in [-0.3, -0.25) is 14.5 Å². The van der Waals surface area contributed by atoms with Gasteiger partial charge in [-0.05, 0) is 72.7 Å². The molecule has 1 fully saturated rings. The number of amides is 1. The van der Waals surface area contributed by atoms with Crippen LogP contribution in [0.4, 0.5) is 18.9 Å². The minimum absolute atomic E-state index is 0.0131. The van der Waals surface area contributed by atoms with Gasteiger partial charge in [0.15, 0.2) is 0 Å². The molecule has 0 saturated carbocycles. The van der Waals surface area contributed by atoms with E-state index in [1.807, 2.05) is 12.1 Å². The third-order valence-corrected chi connectivity index (χ3v) is 6.83. The van der Waals surface area contributed by atoms with E-state index in [-0.39, 0.29) is 17.0 Å². The van der Waals surface area contributed by atoms with Gasteiger partial charge in [0, 0.05) is 17.3 Å². The Morgan fingerprint density at radius 1 is 0.921 bits per heavy atom. The second-order valence-electron chi connectivity index (χ2n) is 9.18. The number of methoxy groups -OCH3 is 1. The standard InChI is InChI=1S/C29H24F3NO5/c1-37-22-13-11-18(12-14-22)25-24(26(34)20-10-9-17-5-2-3-6-19(17)15-20)27(35)28(36)33(25)21-7-4-8-23(16-21)38-29(30,31)32/h4,7-16,25,34H,2-3,5-6H2,1H3/b26-24-. The monoisotopic (exact) mass is 523 g/mol. The number of anilines is 1. The minimum atomic E-state index is -4.94. The second-order valence-corrected chi connectivity index (χ2v) is 9.18. The Kier molecular flexibility index (Phi) is 6.60. The molecule has 0 radical (unpaired) electrons. The summed E-state index contributed by atoms with van der Waals surface area (Å²) < 4.78 is 47.8. The molecular formula is C29H24F3NO5. The summed E-state index contributed by atoms with van der Waals surface area (Å²) >= 11 is 0. The zero-order valence-electron chi connectivity index (χ0n) is 20.4. The number of alkyl halides is 3. The van der Waals surface area contributed by atoms with E-state index in [1.165, 1.54) is 24.8 Å². The Balaban J connectivity index is 1.66. The summed E-state index contributed by atoms with van der Waals surface area (Å²) in [6.07, 6.45) is -1.06. The largest absolute Gasteiger partial charge is 0.573 e. The fourth-order valence-electron chi connectivity index (χ4n) is 5.07. The smallest absolute Gasteiger partial charge is 0.507 e. The Hall–Kier alpha value is -4.27. The van der Waals surface area contributed by atoms with Crippen molar-refractivity contribution >= 4 is 23.1 Å². The predicted octanol–water partition coefficient (Wildman–Crippen LogP) is 6.10. The Bertz CT molecular complexity index is 1430. The lowest BCUT2D eigenvalue weighted by Crippen LogP contribution is -2.29. The van der Waals surface area contributed by atoms with Crippen LogP contribution in [-0.4, -0.2) is 30.3 Å². The average molecular weight is 524 g/mol. The van der Waals surface area contributed by atoms with Crippen molar-refractivity contribution in [1.29, 1.82) is 0 Å². The molecule has 1 aliphatic heterocycles. The van der Waals surface area contributed by atoms with Crippen LogP contribution in [0.2, 0.25) is 0 Å². The van der Waals surface area contributed by atoms with Crippen molar-refractivity contribution in [1.82, 2.24) is 0 Å². The van der Waals surface area contributed by atoms with Crippen LogP contribution in [0.15, 0.2) is 72.3 Å². The highest BCUT2D eigenvalue weighted by atomic mass is 19.4. The molecule has 5 rings (SSSR count). The molecule has 1 saturated heterocycles. The molecule has 9 heteroatoms. The fourth-order valence-corrected chi connectivity index (χ4v) is 5.07. The molecule has 1 heterocycles. The number of benzene rings is 3. The van der Waals surface area contributed by atoms with Gasteiger partial charge in [-0.15, -0.1) is 13.2 Å². The van der Waals surface area contributed by atoms with Crippen molar-refractivity contribution in [3.63, 3.8) is 0 Å². The highest BCUT2D eigenvalue weighted by Crippen LogP contribution is 2.43. The van der Waals surface area contributed by atoms with E-state index in [2.05, 4.69) is 4.74 Å². The van der Waals surface area contributed by atoms with Crippen molar-refractivity contribution in [2.75, 3.05) is 12.0 Å². The number of carbonyl (C=O) groups is 2. The number of rotatable bonds is 5. The van der Waals surface area contributed by atoms with Crippen molar-refractivity contribution in [2.45, 2.75) is 38.1 Å². The molecule has 1 atom stereocenters. The van der Waals surface area contributed by atoms with E-state index in [0.717, 1.165) is 48.3 Å². The third kappa shape index (κ3) is 4.83. The number of aliphatic hydroxyl groups excluding tert-OH is 1. The Morgan fingerprint density at radius 3 is 2.32 bits per heavy atom. The van der Waals surface area contributed by atoms with Gasteiger partial charge in [0.25, 0.3) is 11.7 Å². The van der Waals surface area contributed by atoms with Crippen molar-refractivity contribution in [3.05, 3.63) is 94.6 Å². The number of aliphatic hydroxyl groups is 1. The minimum Gasteiger partial charge on any atom is -0.507 e. The molecule has 2 aliphatic rings. The van der Waals surface area contributed by atoms with Crippen LogP contribution in [-0.2, 0) is 22.4 Å². The predicted molar refractivity (Wildman–Crippen MR) is 134 cm³/mol. The van der Waals surface area contributed by atoms with E-state index in [0.29, 0.717) is 16.9 Å². The SMILES string of the molecule is COc1ccc(C2/C(=C(/O)c3ccc4c(c3)CCCC4)C(=O)C(=O)N2c2cccc(OC(F)(F)F)c2)cc1. The molecule has 1 unspecified atom stereocenters. The molecule has 38 heavy (non-hydrogen) atoms. The summed E-state index contributed by atoms with van der Waals surface area (Å²) in [6, 6.07) is 15.8. The maximum atomic E-state index is 13.4. The normalized spacial score (nSPS) is 18.8.